The summed E-state index contributed by atoms with van der Waals surface area (Å²) >= 11 is 1.28. The van der Waals surface area contributed by atoms with E-state index in [1.807, 2.05) is 37.3 Å². The summed E-state index contributed by atoms with van der Waals surface area (Å²) in [5, 5.41) is 17.7. The number of thiophene rings is 1. The van der Waals surface area contributed by atoms with Crippen molar-refractivity contribution in [3.8, 4) is 11.8 Å². The van der Waals surface area contributed by atoms with Gasteiger partial charge in [-0.05, 0) is 38.0 Å². The van der Waals surface area contributed by atoms with Gasteiger partial charge in [0, 0.05) is 5.39 Å². The molecule has 0 saturated heterocycles. The second-order valence-electron chi connectivity index (χ2n) is 7.54. The van der Waals surface area contributed by atoms with Crippen molar-refractivity contribution in [2.45, 2.75) is 44.6 Å². The maximum absolute atomic E-state index is 12.5. The number of fused-ring (bicyclic) bond motifs is 1. The molecule has 1 N–H and O–H groups in total. The van der Waals surface area contributed by atoms with Gasteiger partial charge in [-0.25, -0.2) is 9.48 Å². The molecule has 1 fully saturated rings. The summed E-state index contributed by atoms with van der Waals surface area (Å²) < 4.78 is 7.03. The first-order valence-corrected chi connectivity index (χ1v) is 10.8. The van der Waals surface area contributed by atoms with Crippen LogP contribution in [-0.2, 0) is 9.53 Å². The number of rotatable bonds is 5. The number of aryl methyl sites for hydroxylation is 1. The Morgan fingerprint density at radius 2 is 2.00 bits per heavy atom. The molecule has 0 radical (unpaired) electrons. The zero-order valence-corrected chi connectivity index (χ0v) is 17.5. The first-order valence-electron chi connectivity index (χ1n) is 9.95. The molecule has 30 heavy (non-hydrogen) atoms. The predicted molar refractivity (Wildman–Crippen MR) is 114 cm³/mol. The maximum atomic E-state index is 12.5. The molecule has 0 unspecified atom stereocenters. The Balaban J connectivity index is 1.45. The molecule has 0 spiro atoms. The van der Waals surface area contributed by atoms with Gasteiger partial charge >= 0.3 is 5.97 Å². The van der Waals surface area contributed by atoms with Gasteiger partial charge < -0.3 is 10.1 Å². The number of benzene rings is 1. The topological polar surface area (TPSA) is 97.0 Å². The van der Waals surface area contributed by atoms with Crippen molar-refractivity contribution in [2.24, 2.45) is 0 Å². The zero-order valence-electron chi connectivity index (χ0n) is 16.7. The van der Waals surface area contributed by atoms with Gasteiger partial charge in [0.25, 0.3) is 5.91 Å². The molecule has 2 aromatic heterocycles. The number of hydrogen-bond donors (Lipinski definition) is 1. The fraction of sp³-hybridized carbons (Fsp3) is 0.364. The van der Waals surface area contributed by atoms with Gasteiger partial charge in [-0.2, -0.15) is 10.4 Å². The summed E-state index contributed by atoms with van der Waals surface area (Å²) in [5.41, 5.74) is 0.886. The van der Waals surface area contributed by atoms with E-state index in [-0.39, 0.29) is 0 Å². The van der Waals surface area contributed by atoms with Crippen LogP contribution in [0.3, 0.4) is 0 Å². The molecule has 154 valence electrons. The number of para-hydroxylation sites is 1. The second-order valence-corrected chi connectivity index (χ2v) is 8.57. The molecule has 1 aliphatic carbocycles. The normalized spacial score (nSPS) is 15.5. The number of carbonyl (C=O) groups is 2. The number of nitrogens with zero attached hydrogens (tertiary/aromatic N) is 3. The van der Waals surface area contributed by atoms with Crippen LogP contribution in [0.25, 0.3) is 15.9 Å². The third-order valence-corrected chi connectivity index (χ3v) is 6.47. The van der Waals surface area contributed by atoms with Crippen LogP contribution >= 0.6 is 11.3 Å². The summed E-state index contributed by atoms with van der Waals surface area (Å²) in [6, 6.07) is 13.7. The lowest BCUT2D eigenvalue weighted by Gasteiger charge is -2.31. The molecule has 7 nitrogen and oxygen atoms in total. The number of carbonyl (C=O) groups excluding carboxylic acids is 2. The lowest BCUT2D eigenvalue weighted by molar-refractivity contribution is -0.125. The smallest absolute Gasteiger partial charge is 0.348 e. The largest absolute Gasteiger partial charge is 0.451 e. The van der Waals surface area contributed by atoms with Crippen LogP contribution in [0.2, 0.25) is 0 Å². The van der Waals surface area contributed by atoms with Crippen LogP contribution in [0, 0.1) is 18.3 Å². The van der Waals surface area contributed by atoms with E-state index in [4.69, 9.17) is 4.74 Å². The maximum Gasteiger partial charge on any atom is 0.348 e. The third kappa shape index (κ3) is 3.94. The number of esters is 1. The summed E-state index contributed by atoms with van der Waals surface area (Å²) in [7, 11) is 0. The molecule has 0 bridgehead atoms. The van der Waals surface area contributed by atoms with Gasteiger partial charge in [0.1, 0.15) is 15.2 Å². The highest BCUT2D eigenvalue weighted by Gasteiger charge is 2.33. The zero-order chi connectivity index (χ0) is 21.1. The SMILES string of the molecule is Cc1nn(-c2ccccc2)c2sc(C(=O)OCC(=O)NC3(C#N)CCCCC3)cc12. The number of nitriles is 1. The van der Waals surface area contributed by atoms with E-state index >= 15 is 0 Å². The van der Waals surface area contributed by atoms with Crippen LogP contribution in [0.4, 0.5) is 0 Å². The highest BCUT2D eigenvalue weighted by Crippen LogP contribution is 2.31. The van der Waals surface area contributed by atoms with Crippen molar-refractivity contribution in [2.75, 3.05) is 6.61 Å². The van der Waals surface area contributed by atoms with Crippen LogP contribution < -0.4 is 5.32 Å². The first-order chi connectivity index (χ1) is 14.5. The molecule has 1 amide bonds. The fourth-order valence-corrected chi connectivity index (χ4v) is 4.89. The van der Waals surface area contributed by atoms with E-state index < -0.39 is 24.0 Å². The summed E-state index contributed by atoms with van der Waals surface area (Å²) in [6.45, 7) is 1.49. The van der Waals surface area contributed by atoms with Crippen molar-refractivity contribution < 1.29 is 14.3 Å². The van der Waals surface area contributed by atoms with Crippen molar-refractivity contribution in [3.63, 3.8) is 0 Å². The Hall–Kier alpha value is -3.18. The highest BCUT2D eigenvalue weighted by molar-refractivity contribution is 7.20. The lowest BCUT2D eigenvalue weighted by Crippen LogP contribution is -2.50. The molecule has 0 atom stereocenters. The van der Waals surface area contributed by atoms with E-state index in [0.29, 0.717) is 17.7 Å². The van der Waals surface area contributed by atoms with E-state index in [9.17, 15) is 14.9 Å². The number of nitrogens with one attached hydrogen (secondary N) is 1. The van der Waals surface area contributed by atoms with Gasteiger partial charge in [-0.1, -0.05) is 37.5 Å². The van der Waals surface area contributed by atoms with Gasteiger partial charge in [0.15, 0.2) is 6.61 Å². The van der Waals surface area contributed by atoms with Gasteiger partial charge in [0.2, 0.25) is 0 Å². The van der Waals surface area contributed by atoms with E-state index in [2.05, 4.69) is 16.5 Å². The van der Waals surface area contributed by atoms with E-state index in [0.717, 1.165) is 40.9 Å². The number of aromatic nitrogens is 2. The molecule has 0 aliphatic heterocycles. The van der Waals surface area contributed by atoms with Crippen molar-refractivity contribution in [1.82, 2.24) is 15.1 Å². The molecule has 8 heteroatoms. The average Bonchev–Trinajstić information content (AvgIpc) is 3.34. The molecule has 3 aromatic rings. The third-order valence-electron chi connectivity index (χ3n) is 5.38. The number of ether oxygens (including phenoxy) is 1. The first kappa shape index (κ1) is 20.1. The predicted octanol–water partition coefficient (Wildman–Crippen LogP) is 3.89. The van der Waals surface area contributed by atoms with Gasteiger partial charge in [-0.15, -0.1) is 11.3 Å². The highest BCUT2D eigenvalue weighted by atomic mass is 32.1. The Bertz CT molecular complexity index is 1120. The molecular formula is C22H22N4O3S. The van der Waals surface area contributed by atoms with Crippen LogP contribution in [0.5, 0.6) is 0 Å². The summed E-state index contributed by atoms with van der Waals surface area (Å²) in [5.74, 6) is -1.00. The Kier molecular flexibility index (Phi) is 5.55. The van der Waals surface area contributed by atoms with E-state index in [1.54, 1.807) is 10.7 Å². The fourth-order valence-electron chi connectivity index (χ4n) is 3.82. The molecule has 2 heterocycles. The number of hydrogen-bond acceptors (Lipinski definition) is 6. The van der Waals surface area contributed by atoms with Crippen LogP contribution in [0.15, 0.2) is 36.4 Å². The van der Waals surface area contributed by atoms with Crippen molar-refractivity contribution in [3.05, 3.63) is 47.0 Å². The lowest BCUT2D eigenvalue weighted by atomic mass is 9.83. The van der Waals surface area contributed by atoms with E-state index in [1.165, 1.54) is 11.3 Å². The molecular weight excluding hydrogens is 400 g/mol. The van der Waals surface area contributed by atoms with Crippen LogP contribution in [-0.4, -0.2) is 33.8 Å². The minimum Gasteiger partial charge on any atom is -0.451 e. The molecule has 1 aliphatic rings. The molecule has 4 rings (SSSR count). The average molecular weight is 423 g/mol. The standard InChI is InChI=1S/C22H22N4O3S/c1-15-17-12-18(30-20(17)26(25-15)16-8-4-2-5-9-16)21(28)29-13-19(27)24-22(14-23)10-6-3-7-11-22/h2,4-5,8-9,12H,3,6-7,10-11,13H2,1H3,(H,24,27). The van der Waals surface area contributed by atoms with Crippen molar-refractivity contribution in [1.29, 1.82) is 5.26 Å². The number of amides is 1. The van der Waals surface area contributed by atoms with Crippen molar-refractivity contribution >= 4 is 33.4 Å². The minimum absolute atomic E-state index is 0.402. The Morgan fingerprint density at radius 1 is 1.27 bits per heavy atom. The molecule has 1 aromatic carbocycles. The second kappa shape index (κ2) is 8.28. The monoisotopic (exact) mass is 422 g/mol. The quantitative estimate of drug-likeness (QED) is 0.629. The van der Waals surface area contributed by atoms with Gasteiger partial charge in [-0.3, -0.25) is 4.79 Å². The molecule has 1 saturated carbocycles. The van der Waals surface area contributed by atoms with Gasteiger partial charge in [0.05, 0.1) is 17.5 Å². The van der Waals surface area contributed by atoms with Crippen LogP contribution in [0.1, 0.15) is 47.5 Å². The summed E-state index contributed by atoms with van der Waals surface area (Å²) in [6.07, 6.45) is 4.16. The minimum atomic E-state index is -0.838. The Morgan fingerprint density at radius 3 is 2.70 bits per heavy atom. The summed E-state index contributed by atoms with van der Waals surface area (Å²) in [4.78, 5) is 26.1. The Labute approximate surface area is 178 Å².